The predicted molar refractivity (Wildman–Crippen MR) is 46.2 cm³/mol. The zero-order chi connectivity index (χ0) is 11.5. The average Bonchev–Trinajstić information content (AvgIpc) is 2.50. The summed E-state index contributed by atoms with van der Waals surface area (Å²) in [4.78, 5) is 11.0. The molecule has 84 valence electrons. The van der Waals surface area contributed by atoms with Crippen LogP contribution in [0.1, 0.15) is 23.2 Å². The van der Waals surface area contributed by atoms with Gasteiger partial charge in [-0.3, -0.25) is 0 Å². The van der Waals surface area contributed by atoms with E-state index in [2.05, 4.69) is 14.4 Å². The molecule has 0 aliphatic rings. The van der Waals surface area contributed by atoms with Gasteiger partial charge in [-0.15, -0.1) is 3.89 Å². The van der Waals surface area contributed by atoms with Crippen molar-refractivity contribution in [2.45, 2.75) is 12.7 Å². The number of ether oxygens (including phenoxy) is 1. The van der Waals surface area contributed by atoms with Gasteiger partial charge < -0.3 is 9.26 Å². The number of aromatic nitrogens is 1. The van der Waals surface area contributed by atoms with Gasteiger partial charge in [0.2, 0.25) is 5.76 Å². The van der Waals surface area contributed by atoms with Crippen molar-refractivity contribution in [1.82, 2.24) is 5.16 Å². The first-order valence-corrected chi connectivity index (χ1v) is 5.52. The first-order chi connectivity index (χ1) is 6.92. The van der Waals surface area contributed by atoms with Crippen LogP contribution in [0.15, 0.2) is 10.6 Å². The van der Waals surface area contributed by atoms with Gasteiger partial charge in [0.1, 0.15) is 11.4 Å². The van der Waals surface area contributed by atoms with Crippen LogP contribution < -0.4 is 0 Å². The molecule has 1 heterocycles. The minimum Gasteiger partial charge on any atom is -0.460 e. The summed E-state index contributed by atoms with van der Waals surface area (Å²) in [6, 6.07) is 1.02. The molecule has 0 N–H and O–H groups in total. The molecular weight excluding hydrogens is 229 g/mol. The lowest BCUT2D eigenvalue weighted by atomic mass is 10.4. The summed E-state index contributed by atoms with van der Waals surface area (Å²) in [5.41, 5.74) is -0.180. The molecule has 0 atom stereocenters. The highest BCUT2D eigenvalue weighted by atomic mass is 32.3. The maximum absolute atomic E-state index is 12.2. The number of carbonyl (C=O) groups excluding carboxylic acids is 1. The summed E-state index contributed by atoms with van der Waals surface area (Å²) in [6.45, 7) is 1.75. The van der Waals surface area contributed by atoms with E-state index >= 15 is 0 Å². The van der Waals surface area contributed by atoms with Crippen molar-refractivity contribution in [3.63, 3.8) is 0 Å². The molecule has 0 radical (unpaired) electrons. The number of hydrogen-bond donors (Lipinski definition) is 0. The van der Waals surface area contributed by atoms with Crippen LogP contribution in [0.5, 0.6) is 0 Å². The molecule has 15 heavy (non-hydrogen) atoms. The zero-order valence-electron chi connectivity index (χ0n) is 7.77. The summed E-state index contributed by atoms with van der Waals surface area (Å²) in [7, 11) is -4.68. The minimum absolute atomic E-state index is 0.149. The minimum atomic E-state index is -4.68. The van der Waals surface area contributed by atoms with Gasteiger partial charge in [0, 0.05) is 6.07 Å². The third-order valence-electron chi connectivity index (χ3n) is 1.36. The molecule has 1 aromatic rings. The molecule has 0 amide bonds. The number of carbonyl (C=O) groups is 1. The Hall–Kier alpha value is -1.44. The quantitative estimate of drug-likeness (QED) is 0.564. The summed E-state index contributed by atoms with van der Waals surface area (Å²) in [6.07, 6.45) is 0. The third kappa shape index (κ3) is 3.66. The molecule has 1 aromatic heterocycles. The highest BCUT2D eigenvalue weighted by molar-refractivity contribution is 7.85. The fraction of sp³-hybridized carbons (Fsp3) is 0.429. The fourth-order valence-corrected chi connectivity index (χ4v) is 1.34. The van der Waals surface area contributed by atoms with Crippen LogP contribution in [0, 0.1) is 0 Å². The van der Waals surface area contributed by atoms with E-state index in [0.29, 0.717) is 0 Å². The molecule has 8 heteroatoms. The Bertz CT molecular complexity index is 452. The van der Waals surface area contributed by atoms with Gasteiger partial charge in [0.15, 0.2) is 0 Å². The molecular formula is C7H8FNO5S. The highest BCUT2D eigenvalue weighted by Crippen LogP contribution is 2.09. The summed E-state index contributed by atoms with van der Waals surface area (Å²) >= 11 is 0. The Morgan fingerprint density at radius 1 is 1.67 bits per heavy atom. The van der Waals surface area contributed by atoms with E-state index < -0.39 is 21.9 Å². The van der Waals surface area contributed by atoms with Crippen LogP contribution in [-0.4, -0.2) is 26.2 Å². The van der Waals surface area contributed by atoms with Crippen LogP contribution in [0.3, 0.4) is 0 Å². The van der Waals surface area contributed by atoms with Crippen LogP contribution in [0.2, 0.25) is 0 Å². The van der Waals surface area contributed by atoms with Gasteiger partial charge in [-0.2, -0.15) is 8.42 Å². The smallest absolute Gasteiger partial charge is 0.377 e. The molecule has 0 spiro atoms. The Balaban J connectivity index is 2.77. The molecule has 1 rings (SSSR count). The average molecular weight is 237 g/mol. The predicted octanol–water partition coefficient (Wildman–Crippen LogP) is 0.651. The number of esters is 1. The summed E-state index contributed by atoms with van der Waals surface area (Å²) in [5.74, 6) is -1.95. The van der Waals surface area contributed by atoms with Gasteiger partial charge in [-0.05, 0) is 6.92 Å². The topological polar surface area (TPSA) is 86.5 Å². The van der Waals surface area contributed by atoms with Crippen LogP contribution >= 0.6 is 0 Å². The Morgan fingerprint density at radius 3 is 2.87 bits per heavy atom. The number of rotatable bonds is 4. The normalized spacial score (nSPS) is 11.3. The van der Waals surface area contributed by atoms with E-state index in [4.69, 9.17) is 0 Å². The Kier molecular flexibility index (Phi) is 3.40. The highest BCUT2D eigenvalue weighted by Gasteiger charge is 2.17. The van der Waals surface area contributed by atoms with E-state index in [1.54, 1.807) is 6.92 Å². The number of nitrogens with zero attached hydrogens (tertiary/aromatic N) is 1. The fourth-order valence-electron chi connectivity index (χ4n) is 0.855. The second kappa shape index (κ2) is 4.39. The molecule has 0 bridgehead atoms. The molecule has 0 fully saturated rings. The lowest BCUT2D eigenvalue weighted by Gasteiger charge is -1.94. The van der Waals surface area contributed by atoms with Crippen molar-refractivity contribution in [3.05, 3.63) is 17.5 Å². The Labute approximate surface area is 85.2 Å². The molecule has 0 unspecified atom stereocenters. The number of halogens is 1. The molecule has 0 saturated carbocycles. The lowest BCUT2D eigenvalue weighted by molar-refractivity contribution is 0.0479. The zero-order valence-corrected chi connectivity index (χ0v) is 8.58. The second-order valence-electron chi connectivity index (χ2n) is 2.59. The summed E-state index contributed by atoms with van der Waals surface area (Å²) < 4.78 is 41.7. The Morgan fingerprint density at radius 2 is 2.33 bits per heavy atom. The van der Waals surface area contributed by atoms with Crippen molar-refractivity contribution in [1.29, 1.82) is 0 Å². The van der Waals surface area contributed by atoms with Crippen LogP contribution in [-0.2, 0) is 20.7 Å². The van der Waals surface area contributed by atoms with E-state index in [9.17, 15) is 17.1 Å². The summed E-state index contributed by atoms with van der Waals surface area (Å²) in [5, 5.41) is 3.21. The maximum atomic E-state index is 12.2. The van der Waals surface area contributed by atoms with Crippen molar-refractivity contribution in [3.8, 4) is 0 Å². The first kappa shape index (κ1) is 11.6. The largest absolute Gasteiger partial charge is 0.460 e. The lowest BCUT2D eigenvalue weighted by Crippen LogP contribution is -2.02. The van der Waals surface area contributed by atoms with Crippen LogP contribution in [0.25, 0.3) is 0 Å². The van der Waals surface area contributed by atoms with Gasteiger partial charge in [-0.1, -0.05) is 5.16 Å². The standard InChI is InChI=1S/C7H8FNO5S/c1-2-13-7(10)6-3-5(9-14-6)4-15(8,11)12/h3H,2,4H2,1H3. The molecule has 0 aliphatic carbocycles. The van der Waals surface area contributed by atoms with Crippen LogP contribution in [0.4, 0.5) is 3.89 Å². The molecule has 0 aliphatic heterocycles. The number of hydrogen-bond acceptors (Lipinski definition) is 6. The van der Waals surface area contributed by atoms with Gasteiger partial charge >= 0.3 is 16.2 Å². The SMILES string of the molecule is CCOC(=O)c1cc(CS(=O)(=O)F)no1. The van der Waals surface area contributed by atoms with Gasteiger partial charge in [-0.25, -0.2) is 4.79 Å². The van der Waals surface area contributed by atoms with Gasteiger partial charge in [0.25, 0.3) is 0 Å². The van der Waals surface area contributed by atoms with Crippen molar-refractivity contribution in [2.75, 3.05) is 6.61 Å². The molecule has 0 aromatic carbocycles. The van der Waals surface area contributed by atoms with E-state index in [-0.39, 0.29) is 18.1 Å². The van der Waals surface area contributed by atoms with E-state index in [1.807, 2.05) is 0 Å². The van der Waals surface area contributed by atoms with E-state index in [0.717, 1.165) is 6.07 Å². The van der Waals surface area contributed by atoms with Crippen molar-refractivity contribution >= 4 is 16.2 Å². The maximum Gasteiger partial charge on any atom is 0.377 e. The monoisotopic (exact) mass is 237 g/mol. The van der Waals surface area contributed by atoms with Crippen molar-refractivity contribution in [2.24, 2.45) is 0 Å². The second-order valence-corrected chi connectivity index (χ2v) is 3.95. The third-order valence-corrected chi connectivity index (χ3v) is 2.00. The van der Waals surface area contributed by atoms with Crippen molar-refractivity contribution < 1.29 is 26.4 Å². The first-order valence-electron chi connectivity index (χ1n) is 3.97. The van der Waals surface area contributed by atoms with E-state index in [1.165, 1.54) is 0 Å². The molecule has 6 nitrogen and oxygen atoms in total. The molecule has 0 saturated heterocycles. The van der Waals surface area contributed by atoms with Gasteiger partial charge in [0.05, 0.1) is 6.61 Å².